The zero-order valence-corrected chi connectivity index (χ0v) is 13.7. The maximum absolute atomic E-state index is 12.2. The van der Waals surface area contributed by atoms with Crippen LogP contribution < -0.4 is 10.1 Å². The van der Waals surface area contributed by atoms with Crippen LogP contribution in [-0.4, -0.2) is 5.91 Å². The van der Waals surface area contributed by atoms with Gasteiger partial charge in [0.1, 0.15) is 12.4 Å². The van der Waals surface area contributed by atoms with Crippen molar-refractivity contribution in [2.45, 2.75) is 6.61 Å². The quantitative estimate of drug-likeness (QED) is 0.688. The van der Waals surface area contributed by atoms with Crippen LogP contribution in [0.2, 0.25) is 5.02 Å². The van der Waals surface area contributed by atoms with Crippen molar-refractivity contribution in [1.29, 1.82) is 0 Å². The van der Waals surface area contributed by atoms with E-state index < -0.39 is 0 Å². The lowest BCUT2D eigenvalue weighted by molar-refractivity contribution is 0.103. The minimum atomic E-state index is -0.150. The molecular formula is C18H14ClNO2S. The first-order valence-corrected chi connectivity index (χ1v) is 8.28. The third-order valence-electron chi connectivity index (χ3n) is 3.11. The highest BCUT2D eigenvalue weighted by atomic mass is 35.5. The molecule has 116 valence electrons. The van der Waals surface area contributed by atoms with E-state index in [-0.39, 0.29) is 5.91 Å². The summed E-state index contributed by atoms with van der Waals surface area (Å²) in [5.41, 5.74) is 1.65. The summed E-state index contributed by atoms with van der Waals surface area (Å²) in [6, 6.07) is 18.5. The van der Waals surface area contributed by atoms with Crippen molar-refractivity contribution in [3.05, 3.63) is 81.5 Å². The topological polar surface area (TPSA) is 38.3 Å². The Kier molecular flexibility index (Phi) is 4.95. The molecule has 3 rings (SSSR count). The number of carbonyl (C=O) groups is 1. The van der Waals surface area contributed by atoms with Crippen LogP contribution in [0.4, 0.5) is 5.69 Å². The van der Waals surface area contributed by atoms with E-state index in [1.807, 2.05) is 41.8 Å². The number of ether oxygens (including phenoxy) is 1. The summed E-state index contributed by atoms with van der Waals surface area (Å²) in [5, 5.41) is 5.35. The number of anilines is 1. The van der Waals surface area contributed by atoms with Crippen molar-refractivity contribution in [3.63, 3.8) is 0 Å². The summed E-state index contributed by atoms with van der Waals surface area (Å²) in [5.74, 6) is 0.659. The normalized spacial score (nSPS) is 10.3. The molecule has 0 bridgehead atoms. The SMILES string of the molecule is O=C(Nc1cccc(Cl)c1)c1cc(COc2ccccc2)cs1. The number of carbonyl (C=O) groups excluding carboxylic acids is 1. The van der Waals surface area contributed by atoms with Crippen LogP contribution in [0.3, 0.4) is 0 Å². The number of rotatable bonds is 5. The van der Waals surface area contributed by atoms with Crippen molar-refractivity contribution in [3.8, 4) is 5.75 Å². The van der Waals surface area contributed by atoms with Crippen LogP contribution >= 0.6 is 22.9 Å². The standard InChI is InChI=1S/C18H14ClNO2S/c19-14-5-4-6-15(10-14)20-18(21)17-9-13(12-23-17)11-22-16-7-2-1-3-8-16/h1-10,12H,11H2,(H,20,21). The molecule has 1 N–H and O–H groups in total. The molecule has 0 aliphatic heterocycles. The number of hydrogen-bond donors (Lipinski definition) is 1. The van der Waals surface area contributed by atoms with Gasteiger partial charge in [0.25, 0.3) is 5.91 Å². The second-order valence-corrected chi connectivity index (χ2v) is 6.23. The number of amides is 1. The maximum Gasteiger partial charge on any atom is 0.265 e. The second kappa shape index (κ2) is 7.31. The molecule has 3 aromatic rings. The Bertz CT molecular complexity index is 802. The Morgan fingerprint density at radius 1 is 1.09 bits per heavy atom. The molecule has 0 saturated carbocycles. The molecule has 0 radical (unpaired) electrons. The highest BCUT2D eigenvalue weighted by molar-refractivity contribution is 7.12. The largest absolute Gasteiger partial charge is 0.489 e. The number of hydrogen-bond acceptors (Lipinski definition) is 3. The minimum absolute atomic E-state index is 0.150. The van der Waals surface area contributed by atoms with Crippen LogP contribution in [0.25, 0.3) is 0 Å². The monoisotopic (exact) mass is 343 g/mol. The van der Waals surface area contributed by atoms with Gasteiger partial charge in [-0.3, -0.25) is 4.79 Å². The van der Waals surface area contributed by atoms with Gasteiger partial charge in [-0.1, -0.05) is 35.9 Å². The van der Waals surface area contributed by atoms with Crippen molar-refractivity contribution in [1.82, 2.24) is 0 Å². The van der Waals surface area contributed by atoms with Gasteiger partial charge in [0, 0.05) is 16.3 Å². The second-order valence-electron chi connectivity index (χ2n) is 4.89. The zero-order chi connectivity index (χ0) is 16.1. The average Bonchev–Trinajstić information content (AvgIpc) is 3.03. The highest BCUT2D eigenvalue weighted by Crippen LogP contribution is 2.20. The predicted molar refractivity (Wildman–Crippen MR) is 94.5 cm³/mol. The summed E-state index contributed by atoms with van der Waals surface area (Å²) < 4.78 is 5.68. The molecule has 3 nitrogen and oxygen atoms in total. The Hall–Kier alpha value is -2.30. The van der Waals surface area contributed by atoms with Crippen molar-refractivity contribution < 1.29 is 9.53 Å². The summed E-state index contributed by atoms with van der Waals surface area (Å²) in [6.45, 7) is 0.435. The molecule has 1 aromatic heterocycles. The molecule has 0 saturated heterocycles. The average molecular weight is 344 g/mol. The lowest BCUT2D eigenvalue weighted by Gasteiger charge is -2.04. The van der Waals surface area contributed by atoms with E-state index in [1.54, 1.807) is 24.3 Å². The van der Waals surface area contributed by atoms with Gasteiger partial charge in [-0.15, -0.1) is 11.3 Å². The van der Waals surface area contributed by atoms with Crippen molar-refractivity contribution >= 4 is 34.5 Å². The van der Waals surface area contributed by atoms with Gasteiger partial charge in [0.05, 0.1) is 4.88 Å². The Labute approximate surface area is 143 Å². The predicted octanol–water partition coefficient (Wildman–Crippen LogP) is 5.23. The molecule has 5 heteroatoms. The molecule has 0 unspecified atom stereocenters. The highest BCUT2D eigenvalue weighted by Gasteiger charge is 2.10. The molecule has 0 fully saturated rings. The number of nitrogens with one attached hydrogen (secondary N) is 1. The molecule has 0 aliphatic carbocycles. The van der Waals surface area contributed by atoms with Crippen LogP contribution in [-0.2, 0) is 6.61 Å². The lowest BCUT2D eigenvalue weighted by Crippen LogP contribution is -2.10. The van der Waals surface area contributed by atoms with Crippen LogP contribution in [0, 0.1) is 0 Å². The van der Waals surface area contributed by atoms with E-state index in [1.165, 1.54) is 11.3 Å². The van der Waals surface area contributed by atoms with Crippen molar-refractivity contribution in [2.24, 2.45) is 0 Å². The van der Waals surface area contributed by atoms with Crippen LogP contribution in [0.5, 0.6) is 5.75 Å². The third kappa shape index (κ3) is 4.34. The number of thiophene rings is 1. The van der Waals surface area contributed by atoms with E-state index >= 15 is 0 Å². The Morgan fingerprint density at radius 2 is 1.91 bits per heavy atom. The Balaban J connectivity index is 1.61. The molecule has 2 aromatic carbocycles. The summed E-state index contributed by atoms with van der Waals surface area (Å²) >= 11 is 7.30. The fraction of sp³-hybridized carbons (Fsp3) is 0.0556. The number of para-hydroxylation sites is 1. The zero-order valence-electron chi connectivity index (χ0n) is 12.2. The fourth-order valence-electron chi connectivity index (χ4n) is 2.01. The molecule has 0 aliphatic rings. The molecule has 0 spiro atoms. The fourth-order valence-corrected chi connectivity index (χ4v) is 2.99. The lowest BCUT2D eigenvalue weighted by atomic mass is 10.3. The first-order valence-electron chi connectivity index (χ1n) is 7.03. The number of halogens is 1. The van der Waals surface area contributed by atoms with Gasteiger partial charge in [-0.25, -0.2) is 0 Å². The van der Waals surface area contributed by atoms with Gasteiger partial charge in [-0.2, -0.15) is 0 Å². The van der Waals surface area contributed by atoms with Crippen LogP contribution in [0.1, 0.15) is 15.2 Å². The smallest absolute Gasteiger partial charge is 0.265 e. The summed E-state index contributed by atoms with van der Waals surface area (Å²) in [6.07, 6.45) is 0. The molecule has 23 heavy (non-hydrogen) atoms. The van der Waals surface area contributed by atoms with Gasteiger partial charge < -0.3 is 10.1 Å². The first kappa shape index (κ1) is 15.6. The van der Waals surface area contributed by atoms with E-state index in [0.29, 0.717) is 22.2 Å². The third-order valence-corrected chi connectivity index (χ3v) is 4.32. The van der Waals surface area contributed by atoms with Gasteiger partial charge in [-0.05, 0) is 41.8 Å². The summed E-state index contributed by atoms with van der Waals surface area (Å²) in [7, 11) is 0. The van der Waals surface area contributed by atoms with E-state index in [0.717, 1.165) is 11.3 Å². The van der Waals surface area contributed by atoms with Gasteiger partial charge in [0.15, 0.2) is 0 Å². The number of benzene rings is 2. The van der Waals surface area contributed by atoms with Crippen LogP contribution in [0.15, 0.2) is 66.0 Å². The van der Waals surface area contributed by atoms with Crippen molar-refractivity contribution in [2.75, 3.05) is 5.32 Å². The minimum Gasteiger partial charge on any atom is -0.489 e. The van der Waals surface area contributed by atoms with Gasteiger partial charge >= 0.3 is 0 Å². The maximum atomic E-state index is 12.2. The molecular weight excluding hydrogens is 330 g/mol. The molecule has 0 atom stereocenters. The van der Waals surface area contributed by atoms with E-state index in [9.17, 15) is 4.79 Å². The van der Waals surface area contributed by atoms with E-state index in [2.05, 4.69) is 5.32 Å². The Morgan fingerprint density at radius 3 is 2.70 bits per heavy atom. The first-order chi connectivity index (χ1) is 11.2. The van der Waals surface area contributed by atoms with Gasteiger partial charge in [0.2, 0.25) is 0 Å². The summed E-state index contributed by atoms with van der Waals surface area (Å²) in [4.78, 5) is 12.9. The van der Waals surface area contributed by atoms with E-state index in [4.69, 9.17) is 16.3 Å². The molecule has 1 heterocycles. The molecule has 1 amide bonds.